The van der Waals surface area contributed by atoms with Crippen molar-refractivity contribution in [1.82, 2.24) is 0 Å². The predicted molar refractivity (Wildman–Crippen MR) is 170 cm³/mol. The molecule has 0 aliphatic heterocycles. The molecule has 0 heterocycles. The zero-order valence-corrected chi connectivity index (χ0v) is 28.7. The van der Waals surface area contributed by atoms with Gasteiger partial charge in [0.15, 0.2) is 0 Å². The van der Waals surface area contributed by atoms with Gasteiger partial charge < -0.3 is 76.5 Å². The third kappa shape index (κ3) is 41.4. The van der Waals surface area contributed by atoms with E-state index in [-0.39, 0.29) is 25.9 Å². The number of aliphatic hydroxyl groups excluding tert-OH is 2. The summed E-state index contributed by atoms with van der Waals surface area (Å²) < 4.78 is 75.2. The van der Waals surface area contributed by atoms with E-state index in [4.69, 9.17) is 76.5 Å². The molecule has 1 atom stereocenters. The van der Waals surface area contributed by atoms with Crippen LogP contribution in [0.25, 0.3) is 0 Å². The maximum Gasteiger partial charge on any atom is 0.146 e. The number of methoxy groups -OCH3 is 1. The molecular weight excluding hydrogens is 628 g/mol. The van der Waals surface area contributed by atoms with E-state index in [1.54, 1.807) is 7.11 Å². The van der Waals surface area contributed by atoms with Crippen molar-refractivity contribution in [3.63, 3.8) is 0 Å². The molecule has 0 aliphatic rings. The van der Waals surface area contributed by atoms with E-state index in [9.17, 15) is 0 Å². The number of rotatable bonds is 43. The smallest absolute Gasteiger partial charge is 0.146 e. The first-order chi connectivity index (χ1) is 23.3. The van der Waals surface area contributed by atoms with Gasteiger partial charge in [0.25, 0.3) is 0 Å². The van der Waals surface area contributed by atoms with E-state index >= 15 is 0 Å². The summed E-state index contributed by atoms with van der Waals surface area (Å²) in [6.45, 7) is 12.5. The van der Waals surface area contributed by atoms with Crippen LogP contribution in [0.3, 0.4) is 0 Å². The van der Waals surface area contributed by atoms with Gasteiger partial charge >= 0.3 is 0 Å². The molecule has 2 N–H and O–H groups in total. The molecule has 47 heavy (non-hydrogen) atoms. The standard InChI is InChI=1S/C31H64O16/c1-34-4-5-35-6-7-36-8-9-37-10-11-38-12-13-39-14-15-40-16-17-41-18-20-43-23-26-46-30-47-27-24-44-21-19-42-22-25-45-29-31(28-33)2-3-32/h31-33H,2-30H2,1H3. The molecule has 16 nitrogen and oxygen atoms in total. The quantitative estimate of drug-likeness (QED) is 0.0636. The minimum atomic E-state index is -0.0363. The first kappa shape index (κ1) is 46.4. The van der Waals surface area contributed by atoms with E-state index in [1.807, 2.05) is 0 Å². The predicted octanol–water partition coefficient (Wildman–Crippen LogP) is -0.203. The third-order valence-electron chi connectivity index (χ3n) is 5.84. The van der Waals surface area contributed by atoms with Gasteiger partial charge in [0.2, 0.25) is 0 Å². The molecule has 0 saturated carbocycles. The Labute approximate surface area is 281 Å². The Morgan fingerprint density at radius 3 is 0.851 bits per heavy atom. The summed E-state index contributed by atoms with van der Waals surface area (Å²) in [6.07, 6.45) is 0.529. The van der Waals surface area contributed by atoms with Crippen LogP contribution < -0.4 is 0 Å². The summed E-state index contributed by atoms with van der Waals surface area (Å²) >= 11 is 0. The maximum absolute atomic E-state index is 9.11. The molecule has 0 amide bonds. The first-order valence-corrected chi connectivity index (χ1v) is 16.6. The van der Waals surface area contributed by atoms with Crippen molar-refractivity contribution >= 4 is 0 Å². The molecular formula is C31H64O16. The van der Waals surface area contributed by atoms with Crippen LogP contribution in [0.5, 0.6) is 0 Å². The molecule has 0 saturated heterocycles. The van der Waals surface area contributed by atoms with E-state index in [1.165, 1.54) is 0 Å². The van der Waals surface area contributed by atoms with Gasteiger partial charge in [-0.25, -0.2) is 0 Å². The Morgan fingerprint density at radius 1 is 0.340 bits per heavy atom. The van der Waals surface area contributed by atoms with E-state index < -0.39 is 0 Å². The lowest BCUT2D eigenvalue weighted by atomic mass is 10.1. The summed E-state index contributed by atoms with van der Waals surface area (Å²) in [5, 5.41) is 18.0. The van der Waals surface area contributed by atoms with Crippen LogP contribution in [-0.2, 0) is 66.3 Å². The summed E-state index contributed by atoms with van der Waals surface area (Å²) in [4.78, 5) is 0. The van der Waals surface area contributed by atoms with Crippen molar-refractivity contribution in [1.29, 1.82) is 0 Å². The zero-order valence-electron chi connectivity index (χ0n) is 28.7. The van der Waals surface area contributed by atoms with Crippen molar-refractivity contribution < 1.29 is 76.5 Å². The number of hydrogen-bond donors (Lipinski definition) is 2. The monoisotopic (exact) mass is 692 g/mol. The van der Waals surface area contributed by atoms with Crippen LogP contribution >= 0.6 is 0 Å². The van der Waals surface area contributed by atoms with E-state index in [2.05, 4.69) is 0 Å². The second-order valence-corrected chi connectivity index (χ2v) is 9.69. The molecule has 0 spiro atoms. The maximum atomic E-state index is 9.11. The lowest BCUT2D eigenvalue weighted by Crippen LogP contribution is -2.18. The highest BCUT2D eigenvalue weighted by Crippen LogP contribution is 2.01. The molecule has 0 aromatic carbocycles. The summed E-state index contributed by atoms with van der Waals surface area (Å²) in [6, 6.07) is 0. The molecule has 1 unspecified atom stereocenters. The first-order valence-electron chi connectivity index (χ1n) is 16.6. The highest BCUT2D eigenvalue weighted by atomic mass is 16.7. The largest absolute Gasteiger partial charge is 0.396 e. The number of aliphatic hydroxyl groups is 2. The summed E-state index contributed by atoms with van der Waals surface area (Å²) in [5.41, 5.74) is 0. The van der Waals surface area contributed by atoms with Crippen LogP contribution in [0.15, 0.2) is 0 Å². The number of ether oxygens (including phenoxy) is 14. The van der Waals surface area contributed by atoms with Gasteiger partial charge in [-0.05, 0) is 6.42 Å². The van der Waals surface area contributed by atoms with Crippen LogP contribution in [0.4, 0.5) is 0 Å². The molecule has 0 rings (SSSR count). The van der Waals surface area contributed by atoms with Crippen LogP contribution in [0.2, 0.25) is 0 Å². The summed E-state index contributed by atoms with van der Waals surface area (Å²) in [5.74, 6) is -0.0363. The SMILES string of the molecule is COCCOCCOCCOCCOCCOCCOCCOCCOCCOCOCCOCCOCCOCC(CO)CCO. The minimum absolute atomic E-state index is 0.00488. The van der Waals surface area contributed by atoms with Gasteiger partial charge in [-0.15, -0.1) is 0 Å². The van der Waals surface area contributed by atoms with Crippen molar-refractivity contribution in [2.45, 2.75) is 6.42 Å². The molecule has 16 heteroatoms. The van der Waals surface area contributed by atoms with Gasteiger partial charge in [-0.1, -0.05) is 0 Å². The van der Waals surface area contributed by atoms with E-state index in [0.29, 0.717) is 172 Å². The molecule has 284 valence electrons. The third-order valence-corrected chi connectivity index (χ3v) is 5.84. The highest BCUT2D eigenvalue weighted by Gasteiger charge is 2.06. The van der Waals surface area contributed by atoms with Gasteiger partial charge in [-0.2, -0.15) is 0 Å². The fourth-order valence-electron chi connectivity index (χ4n) is 3.30. The van der Waals surface area contributed by atoms with Crippen LogP contribution in [0.1, 0.15) is 6.42 Å². The Morgan fingerprint density at radius 2 is 0.596 bits per heavy atom. The Bertz CT molecular complexity index is 552. The molecule has 0 bridgehead atoms. The Hall–Kier alpha value is -0.640. The Kier molecular flexibility index (Phi) is 42.8. The average molecular weight is 693 g/mol. The van der Waals surface area contributed by atoms with Crippen molar-refractivity contribution in [2.24, 2.45) is 5.92 Å². The second kappa shape index (κ2) is 43.4. The normalized spacial score (nSPS) is 12.3. The highest BCUT2D eigenvalue weighted by molar-refractivity contribution is 4.55. The number of hydrogen-bond acceptors (Lipinski definition) is 16. The Balaban J connectivity index is 3.07. The fourth-order valence-corrected chi connectivity index (χ4v) is 3.30. The van der Waals surface area contributed by atoms with Gasteiger partial charge in [0.05, 0.1) is 165 Å². The minimum Gasteiger partial charge on any atom is -0.396 e. The van der Waals surface area contributed by atoms with Crippen molar-refractivity contribution in [2.75, 3.05) is 192 Å². The van der Waals surface area contributed by atoms with Crippen LogP contribution in [0, 0.1) is 5.92 Å². The van der Waals surface area contributed by atoms with Gasteiger partial charge in [-0.3, -0.25) is 0 Å². The summed E-state index contributed by atoms with van der Waals surface area (Å²) in [7, 11) is 1.64. The zero-order chi connectivity index (χ0) is 34.0. The fraction of sp³-hybridized carbons (Fsp3) is 1.00. The average Bonchev–Trinajstić information content (AvgIpc) is 3.08. The molecule has 0 radical (unpaired) electrons. The molecule has 0 aromatic heterocycles. The topological polar surface area (TPSA) is 170 Å². The lowest BCUT2D eigenvalue weighted by molar-refractivity contribution is -0.0865. The van der Waals surface area contributed by atoms with Gasteiger partial charge in [0, 0.05) is 26.2 Å². The molecule has 0 fully saturated rings. The van der Waals surface area contributed by atoms with Gasteiger partial charge in [0.1, 0.15) is 6.79 Å². The van der Waals surface area contributed by atoms with Crippen LogP contribution in [-0.4, -0.2) is 203 Å². The van der Waals surface area contributed by atoms with Crippen molar-refractivity contribution in [3.05, 3.63) is 0 Å². The van der Waals surface area contributed by atoms with E-state index in [0.717, 1.165) is 0 Å². The molecule has 0 aliphatic carbocycles. The second-order valence-electron chi connectivity index (χ2n) is 9.69. The van der Waals surface area contributed by atoms with Crippen molar-refractivity contribution in [3.8, 4) is 0 Å². The molecule has 0 aromatic rings. The lowest BCUT2D eigenvalue weighted by Gasteiger charge is -2.13.